The van der Waals surface area contributed by atoms with E-state index in [9.17, 15) is 9.59 Å². The number of benzene rings is 1. The molecule has 0 aliphatic rings. The average molecular weight is 418 g/mol. The number of thiophene rings is 1. The van der Waals surface area contributed by atoms with E-state index in [1.54, 1.807) is 11.3 Å². The monoisotopic (exact) mass is 417 g/mol. The largest absolute Gasteiger partial charge is 0.380 e. The minimum Gasteiger partial charge on any atom is -0.380 e. The zero-order valence-electron chi connectivity index (χ0n) is 17.6. The van der Waals surface area contributed by atoms with Crippen molar-refractivity contribution < 1.29 is 2.85 Å². The van der Waals surface area contributed by atoms with Crippen LogP contribution in [0.5, 0.6) is 0 Å². The van der Waals surface area contributed by atoms with E-state index in [1.807, 2.05) is 44.6 Å². The molecule has 2 atom stereocenters. The Hall–Kier alpha value is -2.44. The first-order chi connectivity index (χ1) is 14.0. The molecular formula is C23H35N3O2S. The summed E-state index contributed by atoms with van der Waals surface area (Å²) in [5.41, 5.74) is 2.55. The Morgan fingerprint density at radius 2 is 1.59 bits per heavy atom. The Morgan fingerprint density at radius 1 is 0.931 bits per heavy atom. The number of hydrogen-bond donors (Lipinski definition) is 3. The molecule has 0 amide bonds. The third-order valence-electron chi connectivity index (χ3n) is 4.48. The maximum absolute atomic E-state index is 11.9. The van der Waals surface area contributed by atoms with E-state index in [-0.39, 0.29) is 8.90 Å². The minimum atomic E-state index is -0.416. The van der Waals surface area contributed by atoms with Crippen LogP contribution in [0.4, 0.5) is 11.4 Å². The van der Waals surface area contributed by atoms with Gasteiger partial charge in [0.1, 0.15) is 11.4 Å². The summed E-state index contributed by atoms with van der Waals surface area (Å²) in [6.45, 7) is 4.82. The predicted octanol–water partition coefficient (Wildman–Crippen LogP) is 4.01. The molecule has 6 heteroatoms. The molecule has 3 rings (SSSR count). The van der Waals surface area contributed by atoms with Gasteiger partial charge in [0.15, 0.2) is 0 Å². The van der Waals surface area contributed by atoms with E-state index < -0.39 is 10.9 Å². The average Bonchev–Trinajstić information content (AvgIpc) is 3.21. The van der Waals surface area contributed by atoms with Crippen LogP contribution in [-0.2, 0) is 12.8 Å². The van der Waals surface area contributed by atoms with Crippen LogP contribution < -0.4 is 26.8 Å². The quantitative estimate of drug-likeness (QED) is 0.459. The molecule has 0 saturated carbocycles. The van der Waals surface area contributed by atoms with E-state index in [1.165, 1.54) is 11.1 Å². The molecule has 3 N–H and O–H groups in total. The highest BCUT2D eigenvalue weighted by molar-refractivity contribution is 7.07. The zero-order chi connectivity index (χ0) is 21.2. The molecule has 0 fully saturated rings. The highest BCUT2D eigenvalue weighted by Crippen LogP contribution is 2.19. The highest BCUT2D eigenvalue weighted by atomic mass is 32.1. The number of anilines is 2. The van der Waals surface area contributed by atoms with Crippen LogP contribution in [0.25, 0.3) is 0 Å². The molecule has 1 heterocycles. The molecule has 0 bridgehead atoms. The summed E-state index contributed by atoms with van der Waals surface area (Å²) in [5.74, 6) is 0.359. The van der Waals surface area contributed by atoms with E-state index >= 15 is 0 Å². The van der Waals surface area contributed by atoms with Crippen molar-refractivity contribution in [1.29, 1.82) is 0 Å². The molecule has 0 radical (unpaired) electrons. The van der Waals surface area contributed by atoms with E-state index in [2.05, 4.69) is 46.5 Å². The fraction of sp³-hybridized carbons (Fsp3) is 0.391. The lowest BCUT2D eigenvalue weighted by Crippen LogP contribution is -2.40. The third-order valence-corrected chi connectivity index (χ3v) is 5.21. The summed E-state index contributed by atoms with van der Waals surface area (Å²) >= 11 is 1.66. The molecule has 29 heavy (non-hydrogen) atoms. The van der Waals surface area contributed by atoms with Crippen molar-refractivity contribution in [2.24, 2.45) is 5.92 Å². The second-order valence-corrected chi connectivity index (χ2v) is 8.25. The van der Waals surface area contributed by atoms with Crippen molar-refractivity contribution in [2.45, 2.75) is 32.7 Å². The zero-order valence-corrected chi connectivity index (χ0v) is 18.4. The number of nitrogens with one attached hydrogen (secondary N) is 3. The fourth-order valence-electron chi connectivity index (χ4n) is 3.12. The summed E-state index contributed by atoms with van der Waals surface area (Å²) in [7, 11) is 3.75. The summed E-state index contributed by atoms with van der Waals surface area (Å²) in [5, 5.41) is 13.3. The van der Waals surface area contributed by atoms with Crippen molar-refractivity contribution in [1.82, 2.24) is 5.32 Å². The molecule has 0 saturated heterocycles. The van der Waals surface area contributed by atoms with E-state index in [0.29, 0.717) is 23.8 Å². The molecule has 1 aromatic heterocycles. The second-order valence-electron chi connectivity index (χ2n) is 7.47. The molecular weight excluding hydrogens is 382 g/mol. The van der Waals surface area contributed by atoms with Gasteiger partial charge >= 0.3 is 0 Å². The molecule has 0 aliphatic carbocycles. The van der Waals surface area contributed by atoms with E-state index in [0.717, 1.165) is 12.8 Å². The molecule has 5 nitrogen and oxygen atoms in total. The van der Waals surface area contributed by atoms with Gasteiger partial charge in [0.25, 0.3) is 10.9 Å². The Balaban J connectivity index is 0.00000170. The van der Waals surface area contributed by atoms with Gasteiger partial charge in [0.05, 0.1) is 0 Å². The van der Waals surface area contributed by atoms with Gasteiger partial charge in [-0.2, -0.15) is 11.3 Å². The summed E-state index contributed by atoms with van der Waals surface area (Å²) in [4.78, 5) is 23.9. The van der Waals surface area contributed by atoms with Gasteiger partial charge in [-0.1, -0.05) is 37.3 Å². The Labute approximate surface area is 179 Å². The Bertz CT molecular complexity index is 926. The predicted molar refractivity (Wildman–Crippen MR) is 129 cm³/mol. The number of hydrogen-bond acceptors (Lipinski definition) is 6. The lowest BCUT2D eigenvalue weighted by molar-refractivity contribution is 0.611. The second kappa shape index (κ2) is 11.5. The molecule has 0 aliphatic heterocycles. The topological polar surface area (TPSA) is 70.2 Å². The van der Waals surface area contributed by atoms with Gasteiger partial charge in [-0.05, 0) is 67.7 Å². The lowest BCUT2D eigenvalue weighted by atomic mass is 10.0. The first-order valence-electron chi connectivity index (χ1n) is 9.93. The van der Waals surface area contributed by atoms with Crippen LogP contribution in [0.15, 0.2) is 56.7 Å². The van der Waals surface area contributed by atoms with Gasteiger partial charge in [0.2, 0.25) is 0 Å². The molecule has 160 valence electrons. The van der Waals surface area contributed by atoms with Crippen LogP contribution in [0, 0.1) is 5.92 Å². The van der Waals surface area contributed by atoms with Crippen molar-refractivity contribution in [3.8, 4) is 0 Å². The molecule has 1 unspecified atom stereocenters. The maximum atomic E-state index is 11.9. The van der Waals surface area contributed by atoms with Crippen molar-refractivity contribution >= 4 is 22.7 Å². The van der Waals surface area contributed by atoms with E-state index in [4.69, 9.17) is 0 Å². The lowest BCUT2D eigenvalue weighted by Gasteiger charge is -2.21. The van der Waals surface area contributed by atoms with Gasteiger partial charge in [-0.3, -0.25) is 9.59 Å². The van der Waals surface area contributed by atoms with Crippen molar-refractivity contribution in [2.75, 3.05) is 31.3 Å². The fourth-order valence-corrected chi connectivity index (χ4v) is 3.80. The summed E-state index contributed by atoms with van der Waals surface area (Å²) in [6, 6.07) is 12.4. The summed E-state index contributed by atoms with van der Waals surface area (Å²) in [6.07, 6.45) is 1.76. The Kier molecular flexibility index (Phi) is 9.09. The third kappa shape index (κ3) is 6.84. The Morgan fingerprint density at radius 3 is 2.21 bits per heavy atom. The van der Waals surface area contributed by atoms with Crippen LogP contribution >= 0.6 is 11.3 Å². The van der Waals surface area contributed by atoms with Crippen LogP contribution in [0.2, 0.25) is 0 Å². The van der Waals surface area contributed by atoms with Gasteiger partial charge in [-0.15, -0.1) is 0 Å². The standard InChI is InChI=1S/C21H24N2O2S.C2H7N.2H2/c1-14(10-16-6-4-3-5-7-16)12-22-18-19(21(25)20(18)24)23-15(2)11-17-8-9-26-13-17;1-3-2;;/h3-9,13-15,22-23H,10-12H2,1-2H3;3H,1-2H3;2*1H/t14?,15-;;;/m1.../s1. The van der Waals surface area contributed by atoms with Crippen molar-refractivity contribution in [3.63, 3.8) is 0 Å². The highest BCUT2D eigenvalue weighted by Gasteiger charge is 2.22. The first kappa shape index (κ1) is 22.8. The van der Waals surface area contributed by atoms with Crippen LogP contribution in [-0.4, -0.2) is 26.7 Å². The summed E-state index contributed by atoms with van der Waals surface area (Å²) < 4.78 is 0. The molecule has 3 aromatic rings. The minimum absolute atomic E-state index is 0. The van der Waals surface area contributed by atoms with Crippen LogP contribution in [0.1, 0.15) is 27.8 Å². The van der Waals surface area contributed by atoms with Crippen molar-refractivity contribution in [3.05, 3.63) is 78.7 Å². The normalized spacial score (nSPS) is 12.7. The van der Waals surface area contributed by atoms with Gasteiger partial charge < -0.3 is 16.0 Å². The first-order valence-corrected chi connectivity index (χ1v) is 10.9. The van der Waals surface area contributed by atoms with Crippen LogP contribution in [0.3, 0.4) is 0 Å². The smallest absolute Gasteiger partial charge is 0.253 e. The maximum Gasteiger partial charge on any atom is 0.253 e. The van der Waals surface area contributed by atoms with Gasteiger partial charge in [0, 0.05) is 15.4 Å². The SMILES string of the molecule is CC(CNc1c(N[C@H](C)Cc2ccsc2)c(=O)c1=O)Cc1ccccc1.CNC.[HH].[HH]. The molecule has 0 spiro atoms. The van der Waals surface area contributed by atoms with Gasteiger partial charge in [-0.25, -0.2) is 0 Å². The number of rotatable bonds is 9. The molecule has 2 aromatic carbocycles.